The van der Waals surface area contributed by atoms with Gasteiger partial charge in [0, 0.05) is 20.4 Å². The summed E-state index contributed by atoms with van der Waals surface area (Å²) >= 11 is 0. The second kappa shape index (κ2) is 11.8. The molecule has 3 nitrogen and oxygen atoms in total. The predicted molar refractivity (Wildman–Crippen MR) is 65.0 cm³/mol. The molecule has 90 valence electrons. The quantitative estimate of drug-likeness (QED) is 0.389. The van der Waals surface area contributed by atoms with Gasteiger partial charge in [-0.25, -0.2) is 5.32 Å². The summed E-state index contributed by atoms with van der Waals surface area (Å²) in [5, 5.41) is 3.10. The molecule has 0 aromatic rings. The Morgan fingerprint density at radius 1 is 1.00 bits per heavy atom. The van der Waals surface area contributed by atoms with Crippen molar-refractivity contribution < 1.29 is 9.47 Å². The van der Waals surface area contributed by atoms with Crippen molar-refractivity contribution in [2.75, 3.05) is 6.54 Å². The summed E-state index contributed by atoms with van der Waals surface area (Å²) in [5.41, 5.74) is 0. The van der Waals surface area contributed by atoms with Crippen LogP contribution in [-0.4, -0.2) is 13.0 Å². The van der Waals surface area contributed by atoms with E-state index in [4.69, 9.17) is 9.47 Å². The summed E-state index contributed by atoms with van der Waals surface area (Å²) in [6.07, 6.45) is 9.28. The van der Waals surface area contributed by atoms with E-state index < -0.39 is 6.41 Å². The number of ether oxygens (including phenoxy) is 2. The van der Waals surface area contributed by atoms with E-state index in [2.05, 4.69) is 36.3 Å². The van der Waals surface area contributed by atoms with Crippen molar-refractivity contribution in [2.24, 2.45) is 0 Å². The van der Waals surface area contributed by atoms with Crippen LogP contribution in [0.3, 0.4) is 0 Å². The van der Waals surface area contributed by atoms with Crippen molar-refractivity contribution in [1.82, 2.24) is 5.32 Å². The minimum Gasteiger partial charge on any atom is -0.389 e. The van der Waals surface area contributed by atoms with E-state index >= 15 is 0 Å². The Kier molecular flexibility index (Phi) is 10.8. The second-order valence-corrected chi connectivity index (χ2v) is 3.29. The summed E-state index contributed by atoms with van der Waals surface area (Å²) in [7, 11) is 0. The van der Waals surface area contributed by atoms with Gasteiger partial charge >= 0.3 is 6.41 Å². The summed E-state index contributed by atoms with van der Waals surface area (Å²) in [6, 6.07) is 0. The van der Waals surface area contributed by atoms with Crippen LogP contribution in [0.5, 0.6) is 0 Å². The number of nitrogens with one attached hydrogen (secondary N) is 1. The second-order valence-electron chi connectivity index (χ2n) is 3.29. The predicted octanol–water partition coefficient (Wildman–Crippen LogP) is 2.43. The van der Waals surface area contributed by atoms with Gasteiger partial charge in [0.2, 0.25) is 0 Å². The Bertz CT molecular complexity index is 245. The molecule has 0 aromatic carbocycles. The number of rotatable bonds is 8. The van der Waals surface area contributed by atoms with Crippen molar-refractivity contribution in [3.8, 4) is 24.1 Å². The standard InChI is InChI=1S/C13H21NO2/c1-4-7-8-9-10-14-13(15-11-5-2)16-12-6-3/h13-14H,4,7-10H2,1-3H3. The summed E-state index contributed by atoms with van der Waals surface area (Å²) in [6.45, 7) is 6.46. The molecule has 0 rings (SSSR count). The van der Waals surface area contributed by atoms with Gasteiger partial charge in [-0.05, 0) is 6.42 Å². The fraction of sp³-hybridized carbons (Fsp3) is 0.692. The van der Waals surface area contributed by atoms with E-state index in [1.165, 1.54) is 19.3 Å². The summed E-state index contributed by atoms with van der Waals surface area (Å²) < 4.78 is 10.2. The van der Waals surface area contributed by atoms with Gasteiger partial charge in [-0.15, -0.1) is 0 Å². The molecule has 0 heterocycles. The zero-order chi connectivity index (χ0) is 12.1. The van der Waals surface area contributed by atoms with Crippen LogP contribution in [0, 0.1) is 24.1 Å². The lowest BCUT2D eigenvalue weighted by molar-refractivity contribution is -0.0642. The van der Waals surface area contributed by atoms with E-state index in [-0.39, 0.29) is 0 Å². The molecule has 0 amide bonds. The molecule has 0 aromatic heterocycles. The van der Waals surface area contributed by atoms with E-state index in [9.17, 15) is 0 Å². The van der Waals surface area contributed by atoms with Crippen LogP contribution in [-0.2, 0) is 9.47 Å². The maximum atomic E-state index is 5.10. The van der Waals surface area contributed by atoms with Gasteiger partial charge in [-0.1, -0.05) is 38.0 Å². The molecular weight excluding hydrogens is 202 g/mol. The number of unbranched alkanes of at least 4 members (excludes halogenated alkanes) is 3. The fourth-order valence-electron chi connectivity index (χ4n) is 1.10. The molecule has 0 unspecified atom stereocenters. The Labute approximate surface area is 98.9 Å². The molecule has 0 aliphatic heterocycles. The van der Waals surface area contributed by atoms with Gasteiger partial charge in [-0.2, -0.15) is 0 Å². The van der Waals surface area contributed by atoms with Gasteiger partial charge in [0.1, 0.15) is 12.2 Å². The van der Waals surface area contributed by atoms with Gasteiger partial charge in [0.25, 0.3) is 0 Å². The topological polar surface area (TPSA) is 30.5 Å². The molecule has 0 aliphatic rings. The Morgan fingerprint density at radius 2 is 1.62 bits per heavy atom. The third-order valence-electron chi connectivity index (χ3n) is 1.88. The van der Waals surface area contributed by atoms with E-state index in [1.807, 2.05) is 0 Å². The largest absolute Gasteiger partial charge is 0.389 e. The lowest BCUT2D eigenvalue weighted by Crippen LogP contribution is -2.32. The first-order valence-electron chi connectivity index (χ1n) is 5.73. The van der Waals surface area contributed by atoms with Gasteiger partial charge in [0.15, 0.2) is 0 Å². The Balaban J connectivity index is 3.70. The molecule has 0 bridgehead atoms. The molecule has 0 radical (unpaired) electrons. The molecule has 16 heavy (non-hydrogen) atoms. The minimum atomic E-state index is -0.554. The Morgan fingerprint density at radius 3 is 2.12 bits per heavy atom. The van der Waals surface area contributed by atoms with Crippen LogP contribution in [0.1, 0.15) is 46.5 Å². The van der Waals surface area contributed by atoms with Crippen molar-refractivity contribution >= 4 is 0 Å². The average Bonchev–Trinajstić information content (AvgIpc) is 2.31. The molecule has 1 N–H and O–H groups in total. The molecule has 0 atom stereocenters. The van der Waals surface area contributed by atoms with Crippen LogP contribution in [0.4, 0.5) is 0 Å². The SMILES string of the molecule is CC#COC(NCCCCCC)OC#CC. The monoisotopic (exact) mass is 223 g/mol. The molecule has 0 aliphatic carbocycles. The molecule has 0 saturated carbocycles. The number of hydrogen-bond acceptors (Lipinski definition) is 3. The smallest absolute Gasteiger partial charge is 0.320 e. The van der Waals surface area contributed by atoms with E-state index in [1.54, 1.807) is 13.8 Å². The van der Waals surface area contributed by atoms with Crippen LogP contribution < -0.4 is 5.32 Å². The summed E-state index contributed by atoms with van der Waals surface area (Å²) in [4.78, 5) is 0. The first-order valence-corrected chi connectivity index (χ1v) is 5.73. The molecular formula is C13H21NO2. The van der Waals surface area contributed by atoms with Crippen molar-refractivity contribution in [3.05, 3.63) is 0 Å². The lowest BCUT2D eigenvalue weighted by atomic mass is 10.2. The van der Waals surface area contributed by atoms with Crippen molar-refractivity contribution in [2.45, 2.75) is 52.9 Å². The third-order valence-corrected chi connectivity index (χ3v) is 1.88. The zero-order valence-corrected chi connectivity index (χ0v) is 10.4. The highest BCUT2D eigenvalue weighted by Gasteiger charge is 2.05. The normalized spacial score (nSPS) is 8.75. The first-order chi connectivity index (χ1) is 7.85. The minimum absolute atomic E-state index is 0.554. The molecule has 0 saturated heterocycles. The summed E-state index contributed by atoms with van der Waals surface area (Å²) in [5.74, 6) is 5.29. The van der Waals surface area contributed by atoms with Crippen LogP contribution in [0.2, 0.25) is 0 Å². The average molecular weight is 223 g/mol. The van der Waals surface area contributed by atoms with Gasteiger partial charge < -0.3 is 9.47 Å². The van der Waals surface area contributed by atoms with Crippen LogP contribution >= 0.6 is 0 Å². The molecule has 3 heteroatoms. The third kappa shape index (κ3) is 9.24. The van der Waals surface area contributed by atoms with Crippen molar-refractivity contribution in [3.63, 3.8) is 0 Å². The van der Waals surface area contributed by atoms with Gasteiger partial charge in [0.05, 0.1) is 0 Å². The Hall–Kier alpha value is -1.32. The van der Waals surface area contributed by atoms with Crippen LogP contribution in [0.25, 0.3) is 0 Å². The lowest BCUT2D eigenvalue weighted by Gasteiger charge is -2.13. The zero-order valence-electron chi connectivity index (χ0n) is 10.4. The maximum Gasteiger partial charge on any atom is 0.320 e. The molecule has 0 spiro atoms. The molecule has 0 fully saturated rings. The maximum absolute atomic E-state index is 5.10. The van der Waals surface area contributed by atoms with E-state index in [0.717, 1.165) is 13.0 Å². The van der Waals surface area contributed by atoms with E-state index in [0.29, 0.717) is 0 Å². The first kappa shape index (κ1) is 14.7. The highest BCUT2D eigenvalue weighted by molar-refractivity contribution is 4.88. The number of hydrogen-bond donors (Lipinski definition) is 1. The highest BCUT2D eigenvalue weighted by Crippen LogP contribution is 1.98. The fourth-order valence-corrected chi connectivity index (χ4v) is 1.10. The highest BCUT2D eigenvalue weighted by atomic mass is 16.7. The van der Waals surface area contributed by atoms with Crippen LogP contribution in [0.15, 0.2) is 0 Å². The van der Waals surface area contributed by atoms with Gasteiger partial charge in [-0.3, -0.25) is 0 Å². The van der Waals surface area contributed by atoms with Crippen molar-refractivity contribution in [1.29, 1.82) is 0 Å².